The smallest absolute Gasteiger partial charge is 0.325 e. The van der Waals surface area contributed by atoms with Crippen molar-refractivity contribution in [1.29, 1.82) is 0 Å². The van der Waals surface area contributed by atoms with Crippen LogP contribution in [-0.4, -0.2) is 24.7 Å². The van der Waals surface area contributed by atoms with Gasteiger partial charge in [-0.3, -0.25) is 9.05 Å². The lowest BCUT2D eigenvalue weighted by molar-refractivity contribution is 0.165. The van der Waals surface area contributed by atoms with E-state index in [2.05, 4.69) is 17.5 Å². The van der Waals surface area contributed by atoms with E-state index in [1.54, 1.807) is 0 Å². The fourth-order valence-electron chi connectivity index (χ4n) is 2.63. The van der Waals surface area contributed by atoms with Gasteiger partial charge >= 0.3 is 7.82 Å². The second-order valence-electron chi connectivity index (χ2n) is 6.74. The second kappa shape index (κ2) is 17.2. The Morgan fingerprint density at radius 3 is 2.00 bits per heavy atom. The Morgan fingerprint density at radius 1 is 0.960 bits per heavy atom. The van der Waals surface area contributed by atoms with Crippen LogP contribution in [0.4, 0.5) is 0 Å². The van der Waals surface area contributed by atoms with Gasteiger partial charge in [0.2, 0.25) is 0 Å². The van der Waals surface area contributed by atoms with Gasteiger partial charge in [0.05, 0.1) is 6.61 Å². The highest BCUT2D eigenvalue weighted by Crippen LogP contribution is 2.41. The molecule has 0 saturated heterocycles. The quantitative estimate of drug-likeness (QED) is 0.181. The average Bonchev–Trinajstić information content (AvgIpc) is 2.60. The maximum atomic E-state index is 11.1. The molecule has 0 aliphatic heterocycles. The third-order valence-electron chi connectivity index (χ3n) is 4.26. The van der Waals surface area contributed by atoms with E-state index in [4.69, 9.17) is 15.2 Å². The topological polar surface area (TPSA) is 81.8 Å². The van der Waals surface area contributed by atoms with E-state index >= 15 is 0 Å². The Balaban J connectivity index is 3.34. The Kier molecular flexibility index (Phi) is 17.1. The fourth-order valence-corrected chi connectivity index (χ4v) is 3.11. The lowest BCUT2D eigenvalue weighted by atomic mass is 10.1. The first-order chi connectivity index (χ1) is 12.0. The van der Waals surface area contributed by atoms with Crippen LogP contribution >= 0.6 is 7.82 Å². The number of phosphoric ester groups is 1. The molecule has 0 saturated carbocycles. The van der Waals surface area contributed by atoms with Crippen molar-refractivity contribution in [2.75, 3.05) is 13.7 Å². The number of nitrogens with two attached hydrogens (primary N) is 1. The Morgan fingerprint density at radius 2 is 1.48 bits per heavy atom. The first-order valence-corrected chi connectivity index (χ1v) is 11.4. The van der Waals surface area contributed by atoms with Crippen molar-refractivity contribution in [3.63, 3.8) is 0 Å². The van der Waals surface area contributed by atoms with Gasteiger partial charge in [-0.1, -0.05) is 83.3 Å². The van der Waals surface area contributed by atoms with Crippen LogP contribution in [0.25, 0.3) is 0 Å². The molecule has 3 N–H and O–H groups in total. The Labute approximate surface area is 155 Å². The maximum absolute atomic E-state index is 11.1. The summed E-state index contributed by atoms with van der Waals surface area (Å²) in [5, 5.41) is 0. The lowest BCUT2D eigenvalue weighted by Gasteiger charge is -2.12. The number of rotatable bonds is 18. The molecule has 0 aromatic heterocycles. The molecule has 2 atom stereocenters. The van der Waals surface area contributed by atoms with Crippen molar-refractivity contribution < 1.29 is 18.5 Å². The molecular formula is C19H40NO4P. The third kappa shape index (κ3) is 18.4. The minimum atomic E-state index is -3.90. The van der Waals surface area contributed by atoms with Crippen LogP contribution in [0, 0.1) is 0 Å². The van der Waals surface area contributed by atoms with Gasteiger partial charge in [-0.15, -0.1) is 0 Å². The first kappa shape index (κ1) is 24.8. The van der Waals surface area contributed by atoms with Crippen LogP contribution in [0.3, 0.4) is 0 Å². The normalized spacial score (nSPS) is 15.5. The predicted molar refractivity (Wildman–Crippen MR) is 106 cm³/mol. The van der Waals surface area contributed by atoms with E-state index in [9.17, 15) is 4.57 Å². The van der Waals surface area contributed by atoms with E-state index in [1.807, 2.05) is 6.08 Å². The maximum Gasteiger partial charge on any atom is 0.471 e. The number of hydrogen-bond donors (Lipinski definition) is 2. The summed E-state index contributed by atoms with van der Waals surface area (Å²) in [4.78, 5) is 9.10. The summed E-state index contributed by atoms with van der Waals surface area (Å²) in [5.41, 5.74) is 5.82. The predicted octanol–water partition coefficient (Wildman–Crippen LogP) is 5.72. The molecular weight excluding hydrogens is 337 g/mol. The van der Waals surface area contributed by atoms with Gasteiger partial charge in [-0.2, -0.15) is 0 Å². The molecule has 5 nitrogen and oxygen atoms in total. The van der Waals surface area contributed by atoms with E-state index < -0.39 is 7.82 Å². The largest absolute Gasteiger partial charge is 0.471 e. The highest BCUT2D eigenvalue weighted by atomic mass is 31.2. The van der Waals surface area contributed by atoms with Crippen LogP contribution in [0.15, 0.2) is 12.2 Å². The van der Waals surface area contributed by atoms with Crippen molar-refractivity contribution in [2.45, 2.75) is 96.4 Å². The number of hydrogen-bond acceptors (Lipinski definition) is 4. The van der Waals surface area contributed by atoms with Gasteiger partial charge in [-0.25, -0.2) is 4.57 Å². The van der Waals surface area contributed by atoms with E-state index in [0.717, 1.165) is 13.5 Å². The van der Waals surface area contributed by atoms with Gasteiger partial charge in [0, 0.05) is 13.2 Å². The molecule has 0 spiro atoms. The molecule has 0 aromatic carbocycles. The Hall–Kier alpha value is -0.190. The number of allylic oxidation sites excluding steroid dienone is 1. The summed E-state index contributed by atoms with van der Waals surface area (Å²) in [6.45, 7) is 2.28. The highest BCUT2D eigenvalue weighted by Gasteiger charge is 2.19. The lowest BCUT2D eigenvalue weighted by Crippen LogP contribution is -2.24. The molecule has 0 fully saturated rings. The second-order valence-corrected chi connectivity index (χ2v) is 8.30. The molecule has 0 rings (SSSR count). The first-order valence-electron chi connectivity index (χ1n) is 9.95. The molecule has 0 heterocycles. The molecule has 150 valence electrons. The summed E-state index contributed by atoms with van der Waals surface area (Å²) >= 11 is 0. The van der Waals surface area contributed by atoms with Gasteiger partial charge in [0.15, 0.2) is 0 Å². The monoisotopic (exact) mass is 377 g/mol. The van der Waals surface area contributed by atoms with Crippen molar-refractivity contribution in [2.24, 2.45) is 5.73 Å². The van der Waals surface area contributed by atoms with Gasteiger partial charge in [0.25, 0.3) is 0 Å². The van der Waals surface area contributed by atoms with Crippen LogP contribution in [0.2, 0.25) is 0 Å². The van der Waals surface area contributed by atoms with Gasteiger partial charge in [0.1, 0.15) is 0 Å². The zero-order valence-corrected chi connectivity index (χ0v) is 17.2. The summed E-state index contributed by atoms with van der Waals surface area (Å²) in [5.74, 6) is 0. The van der Waals surface area contributed by atoms with Crippen LogP contribution in [0.1, 0.15) is 90.4 Å². The molecule has 1 unspecified atom stereocenters. The minimum Gasteiger partial charge on any atom is -0.325 e. The SMILES string of the molecule is CCCCCCCCCCCCC/C=C/C[C@H](N)COP(=O)(O)OC. The van der Waals surface area contributed by atoms with Crippen LogP contribution < -0.4 is 5.73 Å². The van der Waals surface area contributed by atoms with Crippen molar-refractivity contribution in [3.05, 3.63) is 12.2 Å². The van der Waals surface area contributed by atoms with Gasteiger partial charge < -0.3 is 10.6 Å². The summed E-state index contributed by atoms with van der Waals surface area (Å²) in [6.07, 6.45) is 20.8. The van der Waals surface area contributed by atoms with Gasteiger partial charge in [-0.05, 0) is 19.3 Å². The van der Waals surface area contributed by atoms with E-state index in [0.29, 0.717) is 6.42 Å². The molecule has 0 amide bonds. The Bertz CT molecular complexity index is 363. The molecule has 0 radical (unpaired) electrons. The van der Waals surface area contributed by atoms with E-state index in [1.165, 1.54) is 70.6 Å². The standard InChI is InChI=1S/C19H40NO4P/c1-3-4-5-6-7-8-9-10-11-12-13-14-15-16-17-19(20)18-24-25(21,22)23-2/h15-16,19H,3-14,17-18,20H2,1-2H3,(H,21,22)/b16-15+/t19-/m0/s1. The molecule has 0 bridgehead atoms. The molecule has 0 aliphatic rings. The zero-order chi connectivity index (χ0) is 18.8. The number of unbranched alkanes of at least 4 members (excludes halogenated alkanes) is 11. The molecule has 0 aliphatic carbocycles. The fraction of sp³-hybridized carbons (Fsp3) is 0.895. The summed E-state index contributed by atoms with van der Waals surface area (Å²) < 4.78 is 20.2. The average molecular weight is 378 g/mol. The molecule has 0 aromatic rings. The summed E-state index contributed by atoms with van der Waals surface area (Å²) in [7, 11) is -2.77. The highest BCUT2D eigenvalue weighted by molar-refractivity contribution is 7.47. The van der Waals surface area contributed by atoms with Crippen molar-refractivity contribution >= 4 is 7.82 Å². The van der Waals surface area contributed by atoms with Crippen molar-refractivity contribution in [1.82, 2.24) is 0 Å². The minimum absolute atomic E-state index is 0.0183. The molecule has 25 heavy (non-hydrogen) atoms. The third-order valence-corrected chi connectivity index (χ3v) is 5.20. The van der Waals surface area contributed by atoms with Crippen molar-refractivity contribution in [3.8, 4) is 0 Å². The summed E-state index contributed by atoms with van der Waals surface area (Å²) in [6, 6.07) is -0.288. The number of phosphoric acid groups is 1. The zero-order valence-electron chi connectivity index (χ0n) is 16.3. The van der Waals surface area contributed by atoms with Crippen LogP contribution in [0.5, 0.6) is 0 Å². The molecule has 6 heteroatoms. The van der Waals surface area contributed by atoms with Crippen LogP contribution in [-0.2, 0) is 13.6 Å². The van der Waals surface area contributed by atoms with E-state index in [-0.39, 0.29) is 12.6 Å².